The maximum atomic E-state index is 9.51. The molecule has 0 saturated carbocycles. The van der Waals surface area contributed by atoms with Gasteiger partial charge in [0, 0.05) is 12.1 Å². The standard InChI is InChI=1S/C9H19NO.C2H6/c1-3-4-6-9(2)7-5-8-10(9)11;1-2/h11H,3-8H2,1-2H3;1-2H3. The van der Waals surface area contributed by atoms with Gasteiger partial charge in [-0.2, -0.15) is 5.06 Å². The van der Waals surface area contributed by atoms with Crippen molar-refractivity contribution in [1.82, 2.24) is 5.06 Å². The van der Waals surface area contributed by atoms with Gasteiger partial charge in [-0.05, 0) is 26.2 Å². The molecule has 13 heavy (non-hydrogen) atoms. The number of hydroxylamine groups is 2. The summed E-state index contributed by atoms with van der Waals surface area (Å²) in [6.07, 6.45) is 5.90. The zero-order valence-corrected chi connectivity index (χ0v) is 9.64. The van der Waals surface area contributed by atoms with Crippen LogP contribution in [0.5, 0.6) is 0 Å². The first kappa shape index (κ1) is 12.9. The number of unbranched alkanes of at least 4 members (excludes halogenated alkanes) is 1. The lowest BCUT2D eigenvalue weighted by molar-refractivity contribution is -0.145. The molecule has 0 aromatic rings. The molecule has 80 valence electrons. The highest BCUT2D eigenvalue weighted by atomic mass is 16.5. The summed E-state index contributed by atoms with van der Waals surface area (Å²) in [6.45, 7) is 9.22. The Labute approximate surface area is 82.9 Å². The van der Waals surface area contributed by atoms with E-state index in [0.717, 1.165) is 25.8 Å². The van der Waals surface area contributed by atoms with E-state index in [4.69, 9.17) is 0 Å². The van der Waals surface area contributed by atoms with E-state index in [1.807, 2.05) is 13.8 Å². The van der Waals surface area contributed by atoms with Crippen molar-refractivity contribution in [1.29, 1.82) is 0 Å². The second-order valence-electron chi connectivity index (χ2n) is 3.83. The minimum atomic E-state index is 0.0933. The van der Waals surface area contributed by atoms with E-state index in [9.17, 15) is 5.21 Å². The first-order chi connectivity index (χ1) is 6.19. The topological polar surface area (TPSA) is 23.5 Å². The van der Waals surface area contributed by atoms with Gasteiger partial charge in [-0.1, -0.05) is 33.6 Å². The van der Waals surface area contributed by atoms with Crippen molar-refractivity contribution in [3.05, 3.63) is 0 Å². The van der Waals surface area contributed by atoms with Gasteiger partial charge >= 0.3 is 0 Å². The normalized spacial score (nSPS) is 28.4. The molecule has 1 aliphatic heterocycles. The first-order valence-corrected chi connectivity index (χ1v) is 5.65. The first-order valence-electron chi connectivity index (χ1n) is 5.65. The zero-order valence-electron chi connectivity index (χ0n) is 9.64. The molecular formula is C11H25NO. The fraction of sp³-hybridized carbons (Fsp3) is 1.00. The fourth-order valence-corrected chi connectivity index (χ4v) is 1.82. The molecule has 1 heterocycles. The van der Waals surface area contributed by atoms with Crippen LogP contribution in [0.1, 0.15) is 59.8 Å². The summed E-state index contributed by atoms with van der Waals surface area (Å²) in [5.74, 6) is 0. The summed E-state index contributed by atoms with van der Waals surface area (Å²) in [4.78, 5) is 0. The second-order valence-corrected chi connectivity index (χ2v) is 3.83. The largest absolute Gasteiger partial charge is 0.313 e. The maximum absolute atomic E-state index is 9.51. The van der Waals surface area contributed by atoms with E-state index < -0.39 is 0 Å². The van der Waals surface area contributed by atoms with Crippen molar-refractivity contribution in [2.75, 3.05) is 6.54 Å². The van der Waals surface area contributed by atoms with E-state index in [0.29, 0.717) is 0 Å². The van der Waals surface area contributed by atoms with Crippen molar-refractivity contribution in [2.24, 2.45) is 0 Å². The smallest absolute Gasteiger partial charge is 0.0432 e. The van der Waals surface area contributed by atoms with Gasteiger partial charge in [0.1, 0.15) is 0 Å². The van der Waals surface area contributed by atoms with Crippen LogP contribution in [0.3, 0.4) is 0 Å². The van der Waals surface area contributed by atoms with Gasteiger partial charge < -0.3 is 5.21 Å². The molecule has 1 rings (SSSR count). The summed E-state index contributed by atoms with van der Waals surface area (Å²) >= 11 is 0. The Bertz CT molecular complexity index is 127. The lowest BCUT2D eigenvalue weighted by Gasteiger charge is -2.30. The summed E-state index contributed by atoms with van der Waals surface area (Å²) in [5, 5.41) is 11.0. The van der Waals surface area contributed by atoms with Gasteiger partial charge in [0.15, 0.2) is 0 Å². The summed E-state index contributed by atoms with van der Waals surface area (Å²) in [5.41, 5.74) is 0.0933. The molecule has 1 atom stereocenters. The molecule has 1 saturated heterocycles. The van der Waals surface area contributed by atoms with E-state index in [1.54, 1.807) is 0 Å². The van der Waals surface area contributed by atoms with Crippen LogP contribution in [-0.4, -0.2) is 22.4 Å². The number of hydrogen-bond acceptors (Lipinski definition) is 2. The van der Waals surface area contributed by atoms with Crippen molar-refractivity contribution in [3.8, 4) is 0 Å². The molecular weight excluding hydrogens is 162 g/mol. The molecule has 0 spiro atoms. The molecule has 0 radical (unpaired) electrons. The van der Waals surface area contributed by atoms with Gasteiger partial charge in [-0.3, -0.25) is 0 Å². The van der Waals surface area contributed by atoms with E-state index in [1.165, 1.54) is 17.9 Å². The quantitative estimate of drug-likeness (QED) is 0.731. The van der Waals surface area contributed by atoms with Crippen LogP contribution >= 0.6 is 0 Å². The van der Waals surface area contributed by atoms with Crippen LogP contribution in [-0.2, 0) is 0 Å². The zero-order chi connectivity index (χ0) is 10.3. The Morgan fingerprint density at radius 2 is 2.00 bits per heavy atom. The molecule has 0 bridgehead atoms. The SMILES string of the molecule is CC.CCCCC1(C)CCCN1O. The monoisotopic (exact) mass is 187 g/mol. The molecule has 1 unspecified atom stereocenters. The van der Waals surface area contributed by atoms with E-state index in [2.05, 4.69) is 13.8 Å². The lowest BCUT2D eigenvalue weighted by Crippen LogP contribution is -2.38. The summed E-state index contributed by atoms with van der Waals surface area (Å²) in [6, 6.07) is 0. The highest BCUT2D eigenvalue weighted by Crippen LogP contribution is 2.31. The highest BCUT2D eigenvalue weighted by molar-refractivity contribution is 4.86. The molecule has 0 amide bonds. The molecule has 1 aliphatic rings. The summed E-state index contributed by atoms with van der Waals surface area (Å²) < 4.78 is 0. The van der Waals surface area contributed by atoms with E-state index in [-0.39, 0.29) is 5.54 Å². The van der Waals surface area contributed by atoms with Crippen molar-refractivity contribution in [2.45, 2.75) is 65.3 Å². The maximum Gasteiger partial charge on any atom is 0.0432 e. The number of hydrogen-bond donors (Lipinski definition) is 1. The van der Waals surface area contributed by atoms with Crippen LogP contribution in [0.2, 0.25) is 0 Å². The van der Waals surface area contributed by atoms with Crippen LogP contribution in [0, 0.1) is 0 Å². The lowest BCUT2D eigenvalue weighted by atomic mass is 9.93. The van der Waals surface area contributed by atoms with Gasteiger partial charge in [0.05, 0.1) is 0 Å². The third-order valence-corrected chi connectivity index (χ3v) is 2.78. The molecule has 1 N–H and O–H groups in total. The molecule has 2 heteroatoms. The van der Waals surface area contributed by atoms with Gasteiger partial charge in [0.25, 0.3) is 0 Å². The van der Waals surface area contributed by atoms with Crippen molar-refractivity contribution >= 4 is 0 Å². The van der Waals surface area contributed by atoms with Gasteiger partial charge in [-0.25, -0.2) is 0 Å². The molecule has 2 nitrogen and oxygen atoms in total. The van der Waals surface area contributed by atoms with Crippen LogP contribution < -0.4 is 0 Å². The van der Waals surface area contributed by atoms with Gasteiger partial charge in [-0.15, -0.1) is 0 Å². The highest BCUT2D eigenvalue weighted by Gasteiger charge is 2.34. The minimum absolute atomic E-state index is 0.0933. The molecule has 0 aromatic carbocycles. The molecule has 0 aliphatic carbocycles. The number of rotatable bonds is 3. The Balaban J connectivity index is 0.000000671. The Morgan fingerprint density at radius 3 is 2.38 bits per heavy atom. The molecule has 0 aromatic heterocycles. The second kappa shape index (κ2) is 6.39. The average molecular weight is 187 g/mol. The predicted octanol–water partition coefficient (Wildman–Crippen LogP) is 3.45. The minimum Gasteiger partial charge on any atom is -0.313 e. The van der Waals surface area contributed by atoms with Crippen LogP contribution in [0.25, 0.3) is 0 Å². The van der Waals surface area contributed by atoms with Crippen molar-refractivity contribution in [3.63, 3.8) is 0 Å². The van der Waals surface area contributed by atoms with E-state index >= 15 is 0 Å². The third-order valence-electron chi connectivity index (χ3n) is 2.78. The molecule has 1 fully saturated rings. The Hall–Kier alpha value is -0.0800. The Morgan fingerprint density at radius 1 is 1.38 bits per heavy atom. The van der Waals surface area contributed by atoms with Crippen molar-refractivity contribution < 1.29 is 5.21 Å². The summed E-state index contributed by atoms with van der Waals surface area (Å²) in [7, 11) is 0. The van der Waals surface area contributed by atoms with Gasteiger partial charge in [0.2, 0.25) is 0 Å². The fourth-order valence-electron chi connectivity index (χ4n) is 1.82. The Kier molecular flexibility index (Phi) is 6.35. The van der Waals surface area contributed by atoms with Crippen LogP contribution in [0.4, 0.5) is 0 Å². The number of nitrogens with zero attached hydrogens (tertiary/aromatic N) is 1. The third kappa shape index (κ3) is 3.65. The average Bonchev–Trinajstić information content (AvgIpc) is 2.48. The predicted molar refractivity (Wildman–Crippen MR) is 57.0 cm³/mol. The van der Waals surface area contributed by atoms with Crippen LogP contribution in [0.15, 0.2) is 0 Å².